The predicted molar refractivity (Wildman–Crippen MR) is 79.1 cm³/mol. The van der Waals surface area contributed by atoms with Crippen LogP contribution in [0.4, 0.5) is 17.1 Å². The first-order chi connectivity index (χ1) is 10.5. The molecule has 0 bridgehead atoms. The molecule has 0 amide bonds. The molecule has 1 heterocycles. The van der Waals surface area contributed by atoms with E-state index in [9.17, 15) is 15.3 Å². The van der Waals surface area contributed by atoms with Gasteiger partial charge in [-0.1, -0.05) is 29.8 Å². The molecule has 9 heteroatoms. The zero-order valence-corrected chi connectivity index (χ0v) is 12.0. The van der Waals surface area contributed by atoms with Gasteiger partial charge >= 0.3 is 5.69 Å². The van der Waals surface area contributed by atoms with E-state index in [1.807, 2.05) is 19.1 Å². The Hall–Kier alpha value is -2.87. The minimum absolute atomic E-state index is 0.00619. The quantitative estimate of drug-likeness (QED) is 0.451. The van der Waals surface area contributed by atoms with Crippen molar-refractivity contribution in [3.63, 3.8) is 0 Å². The van der Waals surface area contributed by atoms with E-state index in [0.29, 0.717) is 5.69 Å². The SMILES string of the molecule is Cc1ccccc1Nc1c([N+](=O)[O-])c(Cl)cc2c1no[n+]2[O-]. The molecule has 0 saturated heterocycles. The molecule has 0 radical (unpaired) electrons. The first-order valence-electron chi connectivity index (χ1n) is 6.18. The van der Waals surface area contributed by atoms with Crippen molar-refractivity contribution in [3.05, 3.63) is 56.2 Å². The van der Waals surface area contributed by atoms with Crippen molar-refractivity contribution in [3.8, 4) is 0 Å². The molecule has 3 aromatic rings. The average Bonchev–Trinajstić information content (AvgIpc) is 2.82. The lowest BCUT2D eigenvalue weighted by Gasteiger charge is -2.09. The topological polar surface area (TPSA) is 108 Å². The summed E-state index contributed by atoms with van der Waals surface area (Å²) in [5.74, 6) is 0. The molecule has 0 spiro atoms. The third-order valence-corrected chi connectivity index (χ3v) is 3.48. The average molecular weight is 321 g/mol. The van der Waals surface area contributed by atoms with Crippen LogP contribution >= 0.6 is 11.6 Å². The molecule has 0 unspecified atom stereocenters. The van der Waals surface area contributed by atoms with Crippen LogP contribution in [0.1, 0.15) is 5.56 Å². The van der Waals surface area contributed by atoms with Crippen molar-refractivity contribution in [1.82, 2.24) is 5.16 Å². The smallest absolute Gasteiger partial charge is 0.316 e. The third kappa shape index (κ3) is 2.19. The number of nitrogens with one attached hydrogen (secondary N) is 1. The van der Waals surface area contributed by atoms with Crippen LogP contribution in [0.5, 0.6) is 0 Å². The van der Waals surface area contributed by atoms with Gasteiger partial charge in [0.15, 0.2) is 5.69 Å². The van der Waals surface area contributed by atoms with Gasteiger partial charge in [0.1, 0.15) is 5.02 Å². The molecular weight excluding hydrogens is 312 g/mol. The lowest BCUT2D eigenvalue weighted by Crippen LogP contribution is -2.22. The number of nitrogens with zero attached hydrogens (tertiary/aromatic N) is 3. The highest BCUT2D eigenvalue weighted by Crippen LogP contribution is 2.39. The zero-order chi connectivity index (χ0) is 15.9. The number of nitro benzene ring substituents is 1. The van der Waals surface area contributed by atoms with Gasteiger partial charge in [-0.2, -0.15) is 0 Å². The van der Waals surface area contributed by atoms with Crippen molar-refractivity contribution in [2.75, 3.05) is 5.32 Å². The van der Waals surface area contributed by atoms with Gasteiger partial charge in [0.25, 0.3) is 5.52 Å². The summed E-state index contributed by atoms with van der Waals surface area (Å²) in [6.45, 7) is 1.84. The molecular formula is C13H9ClN4O4. The van der Waals surface area contributed by atoms with Crippen LogP contribution in [0.25, 0.3) is 11.0 Å². The zero-order valence-electron chi connectivity index (χ0n) is 11.2. The summed E-state index contributed by atoms with van der Waals surface area (Å²) in [6, 6.07) is 8.36. The Kier molecular flexibility index (Phi) is 3.30. The number of nitro groups is 1. The molecule has 0 fully saturated rings. The number of fused-ring (bicyclic) bond motifs is 1. The molecule has 0 aliphatic rings. The van der Waals surface area contributed by atoms with Gasteiger partial charge in [-0.15, -0.1) is 0 Å². The number of anilines is 2. The highest BCUT2D eigenvalue weighted by atomic mass is 35.5. The van der Waals surface area contributed by atoms with Gasteiger partial charge in [0, 0.05) is 16.9 Å². The first-order valence-corrected chi connectivity index (χ1v) is 6.56. The standard InChI is InChI=1S/C13H9ClN4O4/c1-7-4-2-3-5-9(7)15-12-11-10(18(21)22-16-11)6-8(14)13(12)17(19)20/h2-6,15H,1H3. The molecule has 0 aliphatic heterocycles. The van der Waals surface area contributed by atoms with E-state index in [4.69, 9.17) is 11.6 Å². The summed E-state index contributed by atoms with van der Waals surface area (Å²) < 4.78 is 4.50. The van der Waals surface area contributed by atoms with Crippen LogP contribution in [0.2, 0.25) is 5.02 Å². The largest absolute Gasteiger partial charge is 0.359 e. The number of benzene rings is 2. The Bertz CT molecular complexity index is 893. The highest BCUT2D eigenvalue weighted by Gasteiger charge is 2.29. The number of para-hydroxylation sites is 1. The van der Waals surface area contributed by atoms with Gasteiger partial charge in [0.2, 0.25) is 5.52 Å². The van der Waals surface area contributed by atoms with Crippen LogP contribution in [0, 0.1) is 22.2 Å². The minimum atomic E-state index is -0.633. The maximum Gasteiger partial charge on any atom is 0.316 e. The van der Waals surface area contributed by atoms with Crippen LogP contribution in [-0.2, 0) is 0 Å². The Morgan fingerprint density at radius 3 is 2.82 bits per heavy atom. The van der Waals surface area contributed by atoms with E-state index in [2.05, 4.69) is 15.1 Å². The van der Waals surface area contributed by atoms with Crippen LogP contribution < -0.4 is 10.2 Å². The maximum atomic E-state index is 11.5. The second-order valence-corrected chi connectivity index (χ2v) is 4.98. The van der Waals surface area contributed by atoms with E-state index in [0.717, 1.165) is 11.6 Å². The summed E-state index contributed by atoms with van der Waals surface area (Å²) in [5, 5.41) is 29.1. The first kappa shape index (κ1) is 14.1. The van der Waals surface area contributed by atoms with Gasteiger partial charge in [0.05, 0.1) is 4.92 Å². The molecule has 0 saturated carbocycles. The monoisotopic (exact) mass is 320 g/mol. The van der Waals surface area contributed by atoms with Crippen LogP contribution in [-0.4, -0.2) is 10.1 Å². The molecule has 8 nitrogen and oxygen atoms in total. The molecule has 0 atom stereocenters. The van der Waals surface area contributed by atoms with Gasteiger partial charge in [-0.05, 0) is 23.5 Å². The number of rotatable bonds is 3. The van der Waals surface area contributed by atoms with Crippen LogP contribution in [0.3, 0.4) is 0 Å². The Balaban J connectivity index is 2.28. The fraction of sp³-hybridized carbons (Fsp3) is 0.0769. The van der Waals surface area contributed by atoms with Gasteiger partial charge < -0.3 is 10.5 Å². The number of aryl methyl sites for hydroxylation is 1. The van der Waals surface area contributed by atoms with Gasteiger partial charge in [-0.3, -0.25) is 14.7 Å². The van der Waals surface area contributed by atoms with E-state index in [-0.39, 0.29) is 32.3 Å². The molecule has 22 heavy (non-hydrogen) atoms. The number of aromatic nitrogens is 2. The van der Waals surface area contributed by atoms with E-state index >= 15 is 0 Å². The molecule has 1 N–H and O–H groups in total. The summed E-state index contributed by atoms with van der Waals surface area (Å²) in [5.41, 5.74) is 1.19. The third-order valence-electron chi connectivity index (χ3n) is 3.20. The molecule has 0 aliphatic carbocycles. The van der Waals surface area contributed by atoms with E-state index < -0.39 is 4.92 Å². The van der Waals surface area contributed by atoms with Crippen LogP contribution in [0.15, 0.2) is 35.0 Å². The fourth-order valence-corrected chi connectivity index (χ4v) is 2.38. The minimum Gasteiger partial charge on any atom is -0.359 e. The van der Waals surface area contributed by atoms with Gasteiger partial charge in [-0.25, -0.2) is 0 Å². The Morgan fingerprint density at radius 1 is 1.41 bits per heavy atom. The van der Waals surface area contributed by atoms with Crippen molar-refractivity contribution >= 4 is 39.7 Å². The summed E-state index contributed by atoms with van der Waals surface area (Å²) in [6.07, 6.45) is 0. The predicted octanol–water partition coefficient (Wildman–Crippen LogP) is 3.07. The van der Waals surface area contributed by atoms with Crippen molar-refractivity contribution < 1.29 is 14.5 Å². The molecule has 112 valence electrons. The lowest BCUT2D eigenvalue weighted by atomic mass is 10.1. The molecule has 1 aromatic heterocycles. The lowest BCUT2D eigenvalue weighted by molar-refractivity contribution is -0.782. The second kappa shape index (κ2) is 5.15. The summed E-state index contributed by atoms with van der Waals surface area (Å²) >= 11 is 5.93. The van der Waals surface area contributed by atoms with E-state index in [1.165, 1.54) is 0 Å². The number of hydrogen-bond acceptors (Lipinski definition) is 6. The Labute approximate surface area is 128 Å². The molecule has 2 aromatic carbocycles. The van der Waals surface area contributed by atoms with Crippen molar-refractivity contribution in [1.29, 1.82) is 0 Å². The second-order valence-electron chi connectivity index (χ2n) is 4.58. The highest BCUT2D eigenvalue weighted by molar-refractivity contribution is 6.34. The fourth-order valence-electron chi connectivity index (χ4n) is 2.11. The number of hydrogen-bond donors (Lipinski definition) is 1. The van der Waals surface area contributed by atoms with Crippen molar-refractivity contribution in [2.24, 2.45) is 0 Å². The van der Waals surface area contributed by atoms with E-state index in [1.54, 1.807) is 12.1 Å². The van der Waals surface area contributed by atoms with Crippen molar-refractivity contribution in [2.45, 2.75) is 6.92 Å². The molecule has 3 rings (SSSR count). The summed E-state index contributed by atoms with van der Waals surface area (Å²) in [7, 11) is 0. The normalized spacial score (nSPS) is 10.8. The maximum absolute atomic E-state index is 11.5. The summed E-state index contributed by atoms with van der Waals surface area (Å²) in [4.78, 5) is 10.8. The number of halogens is 1. The Morgan fingerprint density at radius 2 is 2.14 bits per heavy atom.